The number of hydrogen-bond donors (Lipinski definition) is 1. The number of aromatic nitrogens is 1. The van der Waals surface area contributed by atoms with E-state index in [0.717, 1.165) is 19.3 Å². The zero-order valence-electron chi connectivity index (χ0n) is 13.0. The average Bonchev–Trinajstić information content (AvgIpc) is 2.49. The lowest BCUT2D eigenvalue weighted by atomic mass is 9.85. The molecule has 2 atom stereocenters. The van der Waals surface area contributed by atoms with Gasteiger partial charge in [0, 0.05) is 25.8 Å². The van der Waals surface area contributed by atoms with Crippen LogP contribution < -0.4 is 5.32 Å². The molecule has 4 nitrogen and oxygen atoms in total. The van der Waals surface area contributed by atoms with Crippen molar-refractivity contribution in [3.63, 3.8) is 0 Å². The summed E-state index contributed by atoms with van der Waals surface area (Å²) in [6, 6.07) is 1.66. The number of carbonyl (C=O) groups is 1. The molecule has 0 bridgehead atoms. The first-order valence-corrected chi connectivity index (χ1v) is 7.71. The number of nitrogens with one attached hydrogen (secondary N) is 1. The number of halogens is 1. The Kier molecular flexibility index (Phi) is 5.15. The van der Waals surface area contributed by atoms with Crippen LogP contribution in [-0.2, 0) is 0 Å². The van der Waals surface area contributed by atoms with Gasteiger partial charge in [-0.2, -0.15) is 0 Å². The Balaban J connectivity index is 2.21. The van der Waals surface area contributed by atoms with Gasteiger partial charge < -0.3 is 10.2 Å². The summed E-state index contributed by atoms with van der Waals surface area (Å²) >= 11 is 0. The summed E-state index contributed by atoms with van der Waals surface area (Å²) in [7, 11) is 1.78. The topological polar surface area (TPSA) is 45.2 Å². The van der Waals surface area contributed by atoms with Gasteiger partial charge in [-0.05, 0) is 31.7 Å². The van der Waals surface area contributed by atoms with Crippen LogP contribution in [-0.4, -0.2) is 35.4 Å². The van der Waals surface area contributed by atoms with E-state index in [-0.39, 0.29) is 23.3 Å². The Labute approximate surface area is 125 Å². The highest BCUT2D eigenvalue weighted by Gasteiger charge is 2.30. The fraction of sp³-hybridized carbons (Fsp3) is 0.625. The minimum atomic E-state index is -0.556. The third-order valence-electron chi connectivity index (χ3n) is 4.35. The molecular formula is C16H24FN3O. The lowest BCUT2D eigenvalue weighted by Gasteiger charge is -2.36. The second kappa shape index (κ2) is 6.87. The van der Waals surface area contributed by atoms with E-state index in [2.05, 4.69) is 17.2 Å². The van der Waals surface area contributed by atoms with E-state index in [9.17, 15) is 9.18 Å². The fourth-order valence-electron chi connectivity index (χ4n) is 3.11. The maximum Gasteiger partial charge on any atom is 0.257 e. The molecule has 0 radical (unpaired) electrons. The average molecular weight is 293 g/mol. The normalized spacial score (nSPS) is 21.9. The monoisotopic (exact) mass is 293 g/mol. The molecule has 1 aliphatic carbocycles. The lowest BCUT2D eigenvalue weighted by Crippen LogP contribution is -2.43. The van der Waals surface area contributed by atoms with Crippen LogP contribution in [0.3, 0.4) is 0 Å². The fourth-order valence-corrected chi connectivity index (χ4v) is 3.11. The molecule has 1 aliphatic rings. The highest BCUT2D eigenvalue weighted by Crippen LogP contribution is 2.28. The molecule has 2 unspecified atom stereocenters. The van der Waals surface area contributed by atoms with E-state index in [0.29, 0.717) is 12.5 Å². The minimum absolute atomic E-state index is 0.0984. The third-order valence-corrected chi connectivity index (χ3v) is 4.35. The third kappa shape index (κ3) is 3.34. The Hall–Kier alpha value is -1.65. The van der Waals surface area contributed by atoms with Gasteiger partial charge in [0.15, 0.2) is 11.6 Å². The van der Waals surface area contributed by atoms with E-state index >= 15 is 0 Å². The first-order valence-electron chi connectivity index (χ1n) is 7.71. The number of pyridine rings is 1. The summed E-state index contributed by atoms with van der Waals surface area (Å²) in [5, 5.41) is 2.84. The smallest absolute Gasteiger partial charge is 0.257 e. The van der Waals surface area contributed by atoms with Crippen molar-refractivity contribution in [1.82, 2.24) is 9.88 Å². The van der Waals surface area contributed by atoms with Gasteiger partial charge in [0.1, 0.15) is 0 Å². The molecule has 0 spiro atoms. The SMILES string of the molecule is CCNc1nccc(C(=O)N(C)C2CCCCC2C)c1F. The van der Waals surface area contributed by atoms with Gasteiger partial charge in [0.05, 0.1) is 5.56 Å². The van der Waals surface area contributed by atoms with Crippen LogP contribution in [0.5, 0.6) is 0 Å². The van der Waals surface area contributed by atoms with Crippen LogP contribution in [0.1, 0.15) is 49.9 Å². The van der Waals surface area contributed by atoms with Gasteiger partial charge in [-0.1, -0.05) is 19.8 Å². The zero-order valence-corrected chi connectivity index (χ0v) is 13.0. The molecule has 1 aromatic heterocycles. The van der Waals surface area contributed by atoms with Gasteiger partial charge in [-0.25, -0.2) is 9.37 Å². The number of nitrogens with zero attached hydrogens (tertiary/aromatic N) is 2. The van der Waals surface area contributed by atoms with Gasteiger partial charge in [-0.15, -0.1) is 0 Å². The Morgan fingerprint density at radius 1 is 1.48 bits per heavy atom. The van der Waals surface area contributed by atoms with E-state index in [1.165, 1.54) is 18.7 Å². The van der Waals surface area contributed by atoms with Gasteiger partial charge in [0.25, 0.3) is 5.91 Å². The van der Waals surface area contributed by atoms with Crippen molar-refractivity contribution in [2.24, 2.45) is 5.92 Å². The second-order valence-corrected chi connectivity index (χ2v) is 5.80. The summed E-state index contributed by atoms with van der Waals surface area (Å²) in [5.41, 5.74) is 0.0984. The molecule has 2 rings (SSSR count). The van der Waals surface area contributed by atoms with E-state index in [1.807, 2.05) is 6.92 Å². The highest BCUT2D eigenvalue weighted by molar-refractivity contribution is 5.95. The minimum Gasteiger partial charge on any atom is -0.368 e. The maximum atomic E-state index is 14.4. The summed E-state index contributed by atoms with van der Waals surface area (Å²) in [4.78, 5) is 18.2. The molecule has 0 aliphatic heterocycles. The van der Waals surface area contributed by atoms with Crippen LogP contribution >= 0.6 is 0 Å². The molecule has 1 saturated carbocycles. The van der Waals surface area contributed by atoms with Gasteiger partial charge in [-0.3, -0.25) is 4.79 Å². The predicted molar refractivity (Wildman–Crippen MR) is 81.9 cm³/mol. The first-order chi connectivity index (χ1) is 10.1. The largest absolute Gasteiger partial charge is 0.368 e. The van der Waals surface area contributed by atoms with Crippen molar-refractivity contribution in [3.05, 3.63) is 23.6 Å². The Morgan fingerprint density at radius 3 is 2.86 bits per heavy atom. The van der Waals surface area contributed by atoms with Crippen LogP contribution in [0, 0.1) is 11.7 Å². The van der Waals surface area contributed by atoms with Gasteiger partial charge >= 0.3 is 0 Å². The highest BCUT2D eigenvalue weighted by atomic mass is 19.1. The summed E-state index contributed by atoms with van der Waals surface area (Å²) < 4.78 is 14.4. The molecule has 1 N–H and O–H groups in total. The first kappa shape index (κ1) is 15.7. The molecule has 1 fully saturated rings. The standard InChI is InChI=1S/C16H24FN3O/c1-4-18-15-14(17)12(9-10-19-15)16(21)20(3)13-8-6-5-7-11(13)2/h9-11,13H,4-8H2,1-3H3,(H,18,19). The van der Waals surface area contributed by atoms with Crippen LogP contribution in [0.4, 0.5) is 10.2 Å². The van der Waals surface area contributed by atoms with Crippen molar-refractivity contribution in [1.29, 1.82) is 0 Å². The van der Waals surface area contributed by atoms with Crippen molar-refractivity contribution in [3.8, 4) is 0 Å². The van der Waals surface area contributed by atoms with Gasteiger partial charge in [0.2, 0.25) is 0 Å². The number of rotatable bonds is 4. The quantitative estimate of drug-likeness (QED) is 0.926. The van der Waals surface area contributed by atoms with Crippen LogP contribution in [0.15, 0.2) is 12.3 Å². The molecule has 5 heteroatoms. The molecule has 1 heterocycles. The van der Waals surface area contributed by atoms with Crippen molar-refractivity contribution in [2.75, 3.05) is 18.9 Å². The number of hydrogen-bond acceptors (Lipinski definition) is 3. The zero-order chi connectivity index (χ0) is 15.4. The molecule has 116 valence electrons. The van der Waals surface area contributed by atoms with Crippen molar-refractivity contribution < 1.29 is 9.18 Å². The number of amides is 1. The summed E-state index contributed by atoms with van der Waals surface area (Å²) in [6.07, 6.45) is 5.95. The summed E-state index contributed by atoms with van der Waals surface area (Å²) in [6.45, 7) is 4.60. The predicted octanol–water partition coefficient (Wildman–Crippen LogP) is 3.30. The molecule has 1 amide bonds. The van der Waals surface area contributed by atoms with E-state index in [1.54, 1.807) is 11.9 Å². The molecule has 1 aromatic rings. The Bertz CT molecular complexity index is 506. The number of anilines is 1. The van der Waals surface area contributed by atoms with Crippen LogP contribution in [0.25, 0.3) is 0 Å². The Morgan fingerprint density at radius 2 is 2.19 bits per heavy atom. The lowest BCUT2D eigenvalue weighted by molar-refractivity contribution is 0.0624. The maximum absolute atomic E-state index is 14.4. The molecule has 0 aromatic carbocycles. The second-order valence-electron chi connectivity index (χ2n) is 5.80. The molecule has 0 saturated heterocycles. The van der Waals surface area contributed by atoms with E-state index in [4.69, 9.17) is 0 Å². The van der Waals surface area contributed by atoms with E-state index < -0.39 is 5.82 Å². The molecule has 21 heavy (non-hydrogen) atoms. The van der Waals surface area contributed by atoms with Crippen LogP contribution in [0.2, 0.25) is 0 Å². The molecular weight excluding hydrogens is 269 g/mol. The van der Waals surface area contributed by atoms with Crippen molar-refractivity contribution >= 4 is 11.7 Å². The summed E-state index contributed by atoms with van der Waals surface area (Å²) in [5.74, 6) is -0.202. The number of carbonyl (C=O) groups excluding carboxylic acids is 1. The van der Waals surface area contributed by atoms with Crippen molar-refractivity contribution in [2.45, 2.75) is 45.6 Å².